The topological polar surface area (TPSA) is 54.9 Å². The molecule has 1 amide bonds. The van der Waals surface area contributed by atoms with Crippen molar-refractivity contribution in [3.63, 3.8) is 0 Å². The van der Waals surface area contributed by atoms with Gasteiger partial charge in [0.05, 0.1) is 5.69 Å². The predicted octanol–water partition coefficient (Wildman–Crippen LogP) is 3.27. The van der Waals surface area contributed by atoms with Gasteiger partial charge in [-0.15, -0.1) is 5.10 Å². The lowest BCUT2D eigenvalue weighted by atomic mass is 9.88. The largest absolute Gasteiger partial charge is 0.351 e. The number of hydrogen-bond acceptors (Lipinski definition) is 4. The molecule has 1 aromatic carbocycles. The molecule has 0 aliphatic rings. The molecule has 1 aromatic heterocycles. The molecule has 5 heteroatoms. The van der Waals surface area contributed by atoms with Crippen LogP contribution in [0.3, 0.4) is 0 Å². The zero-order chi connectivity index (χ0) is 15.2. The zero-order valence-corrected chi connectivity index (χ0v) is 13.5. The number of carbonyl (C=O) groups excluding carboxylic acids is 1. The van der Waals surface area contributed by atoms with E-state index in [1.807, 2.05) is 25.1 Å². The van der Waals surface area contributed by atoms with E-state index < -0.39 is 0 Å². The van der Waals surface area contributed by atoms with E-state index >= 15 is 0 Å². The van der Waals surface area contributed by atoms with Crippen molar-refractivity contribution >= 4 is 17.4 Å². The monoisotopic (exact) mass is 303 g/mol. The summed E-state index contributed by atoms with van der Waals surface area (Å²) in [6.07, 6.45) is 0.728. The lowest BCUT2D eigenvalue weighted by Crippen LogP contribution is -2.30. The zero-order valence-electron chi connectivity index (χ0n) is 12.7. The normalized spacial score (nSPS) is 12.4. The van der Waals surface area contributed by atoms with Gasteiger partial charge in [-0.2, -0.15) is 0 Å². The lowest BCUT2D eigenvalue weighted by molar-refractivity contribution is 0.0952. The average Bonchev–Trinajstić information content (AvgIpc) is 2.96. The third-order valence-electron chi connectivity index (χ3n) is 3.61. The Morgan fingerprint density at radius 1 is 1.29 bits per heavy atom. The second-order valence-electron chi connectivity index (χ2n) is 5.37. The van der Waals surface area contributed by atoms with Gasteiger partial charge in [0, 0.05) is 12.5 Å². The minimum Gasteiger partial charge on any atom is -0.351 e. The van der Waals surface area contributed by atoms with Crippen molar-refractivity contribution in [3.8, 4) is 0 Å². The summed E-state index contributed by atoms with van der Waals surface area (Å²) in [5.41, 5.74) is 2.03. The Morgan fingerprint density at radius 3 is 2.62 bits per heavy atom. The first-order valence-corrected chi connectivity index (χ1v) is 8.05. The Bertz CT molecular complexity index is 580. The molecule has 4 nitrogen and oxygen atoms in total. The summed E-state index contributed by atoms with van der Waals surface area (Å²) < 4.78 is 3.87. The fourth-order valence-corrected chi connectivity index (χ4v) is 3.00. The van der Waals surface area contributed by atoms with Gasteiger partial charge in [-0.1, -0.05) is 55.6 Å². The van der Waals surface area contributed by atoms with E-state index in [0.717, 1.165) is 23.6 Å². The van der Waals surface area contributed by atoms with Gasteiger partial charge in [-0.25, -0.2) is 0 Å². The van der Waals surface area contributed by atoms with Crippen LogP contribution >= 0.6 is 11.5 Å². The molecular formula is C16H21N3OS. The first-order valence-electron chi connectivity index (χ1n) is 7.27. The molecule has 1 atom stereocenters. The van der Waals surface area contributed by atoms with Crippen molar-refractivity contribution in [3.05, 3.63) is 46.5 Å². The molecule has 112 valence electrons. The minimum atomic E-state index is -0.0663. The molecule has 2 rings (SSSR count). The maximum atomic E-state index is 12.3. The Hall–Kier alpha value is -1.75. The highest BCUT2D eigenvalue weighted by molar-refractivity contribution is 7.08. The van der Waals surface area contributed by atoms with Crippen LogP contribution in [0.5, 0.6) is 0 Å². The van der Waals surface area contributed by atoms with Crippen molar-refractivity contribution in [2.24, 2.45) is 5.92 Å². The summed E-state index contributed by atoms with van der Waals surface area (Å²) in [4.78, 5) is 12.9. The van der Waals surface area contributed by atoms with Gasteiger partial charge in [-0.05, 0) is 29.4 Å². The van der Waals surface area contributed by atoms with E-state index in [2.05, 4.69) is 40.9 Å². The molecule has 0 aliphatic carbocycles. The average molecular weight is 303 g/mol. The third-order valence-corrected chi connectivity index (χ3v) is 4.38. The Labute approximate surface area is 129 Å². The minimum absolute atomic E-state index is 0.0663. The van der Waals surface area contributed by atoms with Crippen molar-refractivity contribution in [2.45, 2.75) is 33.1 Å². The van der Waals surface area contributed by atoms with Crippen LogP contribution in [0.15, 0.2) is 30.3 Å². The quantitative estimate of drug-likeness (QED) is 0.891. The van der Waals surface area contributed by atoms with Gasteiger partial charge in [-0.3, -0.25) is 4.79 Å². The fourth-order valence-electron chi connectivity index (χ4n) is 2.33. The predicted molar refractivity (Wildman–Crippen MR) is 85.6 cm³/mol. The highest BCUT2D eigenvalue weighted by Crippen LogP contribution is 2.23. The van der Waals surface area contributed by atoms with E-state index in [0.29, 0.717) is 23.3 Å². The van der Waals surface area contributed by atoms with Gasteiger partial charge in [0.25, 0.3) is 5.91 Å². The Balaban J connectivity index is 2.04. The van der Waals surface area contributed by atoms with E-state index in [1.54, 1.807) is 0 Å². The van der Waals surface area contributed by atoms with E-state index in [1.165, 1.54) is 5.56 Å². The van der Waals surface area contributed by atoms with Crippen LogP contribution in [0.1, 0.15) is 47.6 Å². The second-order valence-corrected chi connectivity index (χ2v) is 6.13. The second kappa shape index (κ2) is 7.31. The smallest absolute Gasteiger partial charge is 0.264 e. The Morgan fingerprint density at radius 2 is 2.00 bits per heavy atom. The molecule has 1 N–H and O–H groups in total. The highest BCUT2D eigenvalue weighted by Gasteiger charge is 2.19. The number of aromatic nitrogens is 2. The van der Waals surface area contributed by atoms with Crippen LogP contribution in [0, 0.1) is 5.92 Å². The number of aryl methyl sites for hydroxylation is 1. The first kappa shape index (κ1) is 15.6. The SMILES string of the molecule is CCc1nnsc1C(=O)NC[C@@H](c1ccccc1)C(C)C. The van der Waals surface area contributed by atoms with Crippen LogP contribution in [-0.2, 0) is 6.42 Å². The van der Waals surface area contributed by atoms with Crippen LogP contribution in [0.4, 0.5) is 0 Å². The number of benzene rings is 1. The number of carbonyl (C=O) groups is 1. The third kappa shape index (κ3) is 3.88. The summed E-state index contributed by atoms with van der Waals surface area (Å²) in [7, 11) is 0. The van der Waals surface area contributed by atoms with Gasteiger partial charge >= 0.3 is 0 Å². The standard InChI is InChI=1S/C16H21N3OS/c1-4-14-15(21-19-18-14)16(20)17-10-13(11(2)3)12-8-6-5-7-9-12/h5-9,11,13H,4,10H2,1-3H3,(H,17,20)/t13-/m1/s1. The molecule has 0 bridgehead atoms. The van der Waals surface area contributed by atoms with Gasteiger partial charge in [0.2, 0.25) is 0 Å². The Kier molecular flexibility index (Phi) is 5.44. The fraction of sp³-hybridized carbons (Fsp3) is 0.438. The maximum Gasteiger partial charge on any atom is 0.264 e. The van der Waals surface area contributed by atoms with Crippen molar-refractivity contribution in [1.82, 2.24) is 14.9 Å². The lowest BCUT2D eigenvalue weighted by Gasteiger charge is -2.21. The summed E-state index contributed by atoms with van der Waals surface area (Å²) in [6.45, 7) is 6.96. The van der Waals surface area contributed by atoms with Gasteiger partial charge in [0.15, 0.2) is 0 Å². The van der Waals surface area contributed by atoms with Crippen LogP contribution in [0.25, 0.3) is 0 Å². The van der Waals surface area contributed by atoms with Crippen molar-refractivity contribution in [2.75, 3.05) is 6.54 Å². The molecule has 0 fully saturated rings. The van der Waals surface area contributed by atoms with Crippen molar-refractivity contribution < 1.29 is 4.79 Å². The first-order chi connectivity index (χ1) is 10.1. The molecule has 0 aliphatic heterocycles. The molecule has 1 heterocycles. The van der Waals surface area contributed by atoms with Crippen LogP contribution in [0.2, 0.25) is 0 Å². The molecule has 0 unspecified atom stereocenters. The number of nitrogens with zero attached hydrogens (tertiary/aromatic N) is 2. The van der Waals surface area contributed by atoms with Crippen LogP contribution < -0.4 is 5.32 Å². The molecule has 0 spiro atoms. The summed E-state index contributed by atoms with van der Waals surface area (Å²) in [5, 5.41) is 7.01. The maximum absolute atomic E-state index is 12.3. The molecule has 0 saturated heterocycles. The number of nitrogens with one attached hydrogen (secondary N) is 1. The molecule has 0 saturated carbocycles. The van der Waals surface area contributed by atoms with E-state index in [4.69, 9.17) is 0 Å². The summed E-state index contributed by atoms with van der Waals surface area (Å²) >= 11 is 1.16. The summed E-state index contributed by atoms with van der Waals surface area (Å²) in [5.74, 6) is 0.697. The molecule has 2 aromatic rings. The van der Waals surface area contributed by atoms with Crippen LogP contribution in [-0.4, -0.2) is 22.0 Å². The molecule has 21 heavy (non-hydrogen) atoms. The molecular weight excluding hydrogens is 282 g/mol. The summed E-state index contributed by atoms with van der Waals surface area (Å²) in [6, 6.07) is 10.3. The van der Waals surface area contributed by atoms with E-state index in [9.17, 15) is 4.79 Å². The number of amides is 1. The highest BCUT2D eigenvalue weighted by atomic mass is 32.1. The van der Waals surface area contributed by atoms with Gasteiger partial charge in [0.1, 0.15) is 4.88 Å². The van der Waals surface area contributed by atoms with Gasteiger partial charge < -0.3 is 5.32 Å². The van der Waals surface area contributed by atoms with Crippen molar-refractivity contribution in [1.29, 1.82) is 0 Å². The number of rotatable bonds is 6. The number of hydrogen-bond donors (Lipinski definition) is 1. The molecule has 0 radical (unpaired) electrons. The van der Waals surface area contributed by atoms with E-state index in [-0.39, 0.29) is 5.91 Å².